The lowest BCUT2D eigenvalue weighted by atomic mass is 9.74. The van der Waals surface area contributed by atoms with Crippen molar-refractivity contribution in [1.82, 2.24) is 5.32 Å². The molecule has 104 valence electrons. The highest BCUT2D eigenvalue weighted by molar-refractivity contribution is 5.85. The van der Waals surface area contributed by atoms with Gasteiger partial charge in [0, 0.05) is 6.42 Å². The van der Waals surface area contributed by atoms with Crippen molar-refractivity contribution in [3.8, 4) is 0 Å². The Labute approximate surface area is 108 Å². The van der Waals surface area contributed by atoms with E-state index in [1.54, 1.807) is 20.8 Å². The van der Waals surface area contributed by atoms with E-state index in [1.807, 2.05) is 0 Å². The molecule has 0 aromatic heterocycles. The van der Waals surface area contributed by atoms with Crippen LogP contribution in [0.3, 0.4) is 0 Å². The Morgan fingerprint density at radius 2 is 1.94 bits per heavy atom. The molecule has 0 radical (unpaired) electrons. The molecule has 1 aliphatic carbocycles. The highest BCUT2D eigenvalue weighted by Gasteiger charge is 2.42. The van der Waals surface area contributed by atoms with E-state index < -0.39 is 16.9 Å². The first-order chi connectivity index (χ1) is 8.26. The average molecular weight is 257 g/mol. The number of carbonyl (C=O) groups excluding carboxylic acids is 1. The number of carboxylic acid groups (broad SMARTS) is 1. The van der Waals surface area contributed by atoms with E-state index in [2.05, 4.69) is 5.32 Å². The summed E-state index contributed by atoms with van der Waals surface area (Å²) < 4.78 is 0. The second kappa shape index (κ2) is 5.26. The lowest BCUT2D eigenvalue weighted by Gasteiger charge is -2.41. The van der Waals surface area contributed by atoms with Crippen LogP contribution in [0.15, 0.2) is 0 Å². The van der Waals surface area contributed by atoms with E-state index in [4.69, 9.17) is 0 Å². The summed E-state index contributed by atoms with van der Waals surface area (Å²) in [7, 11) is 0. The van der Waals surface area contributed by atoms with Crippen LogP contribution in [0.2, 0.25) is 0 Å². The molecule has 0 heterocycles. The molecule has 1 amide bonds. The van der Waals surface area contributed by atoms with E-state index in [0.717, 1.165) is 19.3 Å². The normalized spacial score (nSPS) is 20.9. The topological polar surface area (TPSA) is 86.6 Å². The van der Waals surface area contributed by atoms with E-state index in [0.29, 0.717) is 0 Å². The Bertz CT molecular complexity index is 330. The maximum atomic E-state index is 11.9. The minimum Gasteiger partial charge on any atom is -0.481 e. The summed E-state index contributed by atoms with van der Waals surface area (Å²) >= 11 is 0. The van der Waals surface area contributed by atoms with Gasteiger partial charge in [0.1, 0.15) is 0 Å². The summed E-state index contributed by atoms with van der Waals surface area (Å²) in [5, 5.41) is 21.3. The van der Waals surface area contributed by atoms with Gasteiger partial charge in [-0.25, -0.2) is 0 Å². The summed E-state index contributed by atoms with van der Waals surface area (Å²) in [6.45, 7) is 5.11. The van der Waals surface area contributed by atoms with Crippen LogP contribution in [0.4, 0.5) is 0 Å². The van der Waals surface area contributed by atoms with Crippen molar-refractivity contribution in [2.45, 2.75) is 52.0 Å². The van der Waals surface area contributed by atoms with Crippen molar-refractivity contribution < 1.29 is 19.8 Å². The fourth-order valence-electron chi connectivity index (χ4n) is 2.13. The van der Waals surface area contributed by atoms with E-state index in [1.165, 1.54) is 0 Å². The summed E-state index contributed by atoms with van der Waals surface area (Å²) in [6.07, 6.45) is 2.46. The Kier molecular flexibility index (Phi) is 4.37. The minimum atomic E-state index is -1.07. The molecule has 3 N–H and O–H groups in total. The molecule has 1 fully saturated rings. The number of aliphatic carboxylic acids is 1. The number of aliphatic hydroxyl groups is 1. The smallest absolute Gasteiger partial charge is 0.310 e. The van der Waals surface area contributed by atoms with Crippen LogP contribution < -0.4 is 5.32 Å². The molecule has 1 saturated carbocycles. The third-order valence-corrected chi connectivity index (χ3v) is 4.31. The highest BCUT2D eigenvalue weighted by atomic mass is 16.4. The number of hydrogen-bond acceptors (Lipinski definition) is 3. The number of nitrogens with one attached hydrogen (secondary N) is 1. The Morgan fingerprint density at radius 1 is 1.39 bits per heavy atom. The summed E-state index contributed by atoms with van der Waals surface area (Å²) in [4.78, 5) is 23.2. The lowest BCUT2D eigenvalue weighted by Crippen LogP contribution is -2.57. The van der Waals surface area contributed by atoms with Crippen LogP contribution >= 0.6 is 0 Å². The van der Waals surface area contributed by atoms with E-state index in [-0.39, 0.29) is 24.9 Å². The molecule has 0 aliphatic heterocycles. The molecule has 1 rings (SSSR count). The maximum Gasteiger partial charge on any atom is 0.310 e. The molecule has 0 bridgehead atoms. The van der Waals surface area contributed by atoms with Gasteiger partial charge in [0.25, 0.3) is 0 Å². The molecule has 0 spiro atoms. The van der Waals surface area contributed by atoms with Crippen LogP contribution in [0.1, 0.15) is 46.5 Å². The zero-order chi connectivity index (χ0) is 14.0. The number of carbonyl (C=O) groups is 2. The van der Waals surface area contributed by atoms with Gasteiger partial charge in [0.05, 0.1) is 17.6 Å². The number of carboxylic acids is 1. The standard InChI is InChI=1S/C13H23NO4/c1-9(2)12(3,11(17)18)7-10(16)14-13(8-15)5-4-6-13/h9,15H,4-8H2,1-3H3,(H,14,16)(H,17,18). The molecule has 18 heavy (non-hydrogen) atoms. The van der Waals surface area contributed by atoms with E-state index >= 15 is 0 Å². The van der Waals surface area contributed by atoms with Crippen molar-refractivity contribution in [3.05, 3.63) is 0 Å². The quantitative estimate of drug-likeness (QED) is 0.666. The SMILES string of the molecule is CC(C)C(C)(CC(=O)NC1(CO)CCC1)C(=O)O. The van der Waals surface area contributed by atoms with Crippen molar-refractivity contribution in [3.63, 3.8) is 0 Å². The lowest BCUT2D eigenvalue weighted by molar-refractivity contribution is -0.154. The molecule has 5 heteroatoms. The monoisotopic (exact) mass is 257 g/mol. The third-order valence-electron chi connectivity index (χ3n) is 4.31. The van der Waals surface area contributed by atoms with Gasteiger partial charge in [0.15, 0.2) is 0 Å². The number of hydrogen-bond donors (Lipinski definition) is 3. The largest absolute Gasteiger partial charge is 0.481 e. The maximum absolute atomic E-state index is 11.9. The number of aliphatic hydroxyl groups excluding tert-OH is 1. The molecule has 1 aliphatic rings. The van der Waals surface area contributed by atoms with Gasteiger partial charge < -0.3 is 15.5 Å². The molecular weight excluding hydrogens is 234 g/mol. The summed E-state index contributed by atoms with van der Waals surface area (Å²) in [6, 6.07) is 0. The molecule has 0 saturated heterocycles. The van der Waals surface area contributed by atoms with Gasteiger partial charge in [-0.3, -0.25) is 9.59 Å². The van der Waals surface area contributed by atoms with Gasteiger partial charge in [-0.05, 0) is 32.1 Å². The van der Waals surface area contributed by atoms with Crippen LogP contribution in [-0.4, -0.2) is 34.2 Å². The predicted octanol–water partition coefficient (Wildman–Crippen LogP) is 1.15. The van der Waals surface area contributed by atoms with Gasteiger partial charge in [-0.1, -0.05) is 13.8 Å². The van der Waals surface area contributed by atoms with Gasteiger partial charge in [-0.15, -0.1) is 0 Å². The fourth-order valence-corrected chi connectivity index (χ4v) is 2.13. The predicted molar refractivity (Wildman–Crippen MR) is 67.0 cm³/mol. The zero-order valence-corrected chi connectivity index (χ0v) is 11.3. The third kappa shape index (κ3) is 2.83. The molecule has 1 atom stereocenters. The Balaban J connectivity index is 2.65. The first-order valence-electron chi connectivity index (χ1n) is 6.41. The van der Waals surface area contributed by atoms with E-state index in [9.17, 15) is 19.8 Å². The second-order valence-electron chi connectivity index (χ2n) is 5.89. The average Bonchev–Trinajstić information content (AvgIpc) is 2.22. The first kappa shape index (κ1) is 15.0. The summed E-state index contributed by atoms with van der Waals surface area (Å²) in [5.74, 6) is -1.38. The van der Waals surface area contributed by atoms with Gasteiger partial charge >= 0.3 is 5.97 Å². The molecule has 1 unspecified atom stereocenters. The number of amides is 1. The van der Waals surface area contributed by atoms with Crippen LogP contribution in [0.25, 0.3) is 0 Å². The van der Waals surface area contributed by atoms with Crippen molar-refractivity contribution in [1.29, 1.82) is 0 Å². The minimum absolute atomic E-state index is 0.0538. The first-order valence-corrected chi connectivity index (χ1v) is 6.41. The van der Waals surface area contributed by atoms with Crippen molar-refractivity contribution in [2.24, 2.45) is 11.3 Å². The Morgan fingerprint density at radius 3 is 2.22 bits per heavy atom. The van der Waals surface area contributed by atoms with Crippen molar-refractivity contribution >= 4 is 11.9 Å². The van der Waals surface area contributed by atoms with Crippen LogP contribution in [0, 0.1) is 11.3 Å². The molecule has 5 nitrogen and oxygen atoms in total. The van der Waals surface area contributed by atoms with Crippen LogP contribution in [0.5, 0.6) is 0 Å². The number of rotatable bonds is 6. The molecule has 0 aromatic rings. The zero-order valence-electron chi connectivity index (χ0n) is 11.3. The van der Waals surface area contributed by atoms with Gasteiger partial charge in [0.2, 0.25) is 5.91 Å². The van der Waals surface area contributed by atoms with Gasteiger partial charge in [-0.2, -0.15) is 0 Å². The highest BCUT2D eigenvalue weighted by Crippen LogP contribution is 2.34. The van der Waals surface area contributed by atoms with Crippen LogP contribution in [-0.2, 0) is 9.59 Å². The fraction of sp³-hybridized carbons (Fsp3) is 0.846. The molecular formula is C13H23NO4. The Hall–Kier alpha value is -1.10. The molecule has 0 aromatic carbocycles. The van der Waals surface area contributed by atoms with Crippen molar-refractivity contribution in [2.75, 3.05) is 6.61 Å². The second-order valence-corrected chi connectivity index (χ2v) is 5.89. The summed E-state index contributed by atoms with van der Waals surface area (Å²) in [5.41, 5.74) is -1.57.